The predicted octanol–water partition coefficient (Wildman–Crippen LogP) is 3.76. The van der Waals surface area contributed by atoms with Crippen molar-refractivity contribution in [2.24, 2.45) is 5.92 Å². The van der Waals surface area contributed by atoms with Gasteiger partial charge in [0.25, 0.3) is 0 Å². The molecule has 0 aromatic carbocycles. The Kier molecular flexibility index (Phi) is 3.99. The average Bonchev–Trinajstić information content (AvgIpc) is 2.20. The van der Waals surface area contributed by atoms with E-state index in [0.717, 1.165) is 6.42 Å². The fourth-order valence-corrected chi connectivity index (χ4v) is 1.69. The summed E-state index contributed by atoms with van der Waals surface area (Å²) in [5.74, 6) is 0.595. The topological polar surface area (TPSA) is 12.0 Å². The Bertz CT molecular complexity index is 282. The van der Waals surface area contributed by atoms with Crippen LogP contribution in [0.15, 0.2) is 35.2 Å². The van der Waals surface area contributed by atoms with Crippen molar-refractivity contribution in [1.29, 1.82) is 0 Å². The van der Waals surface area contributed by atoms with Crippen LogP contribution in [-0.2, 0) is 0 Å². The lowest BCUT2D eigenvalue weighted by Gasteiger charge is -2.18. The molecule has 1 atom stereocenters. The molecule has 0 fully saturated rings. The molecule has 0 spiro atoms. The van der Waals surface area contributed by atoms with Gasteiger partial charge in [-0.15, -0.1) is 0 Å². The maximum atomic E-state index is 3.37. The maximum absolute atomic E-state index is 3.37. The zero-order chi connectivity index (χ0) is 10.6. The first-order valence-electron chi connectivity index (χ1n) is 5.50. The monoisotopic (exact) mass is 191 g/mol. The van der Waals surface area contributed by atoms with Crippen LogP contribution in [0.1, 0.15) is 40.5 Å². The van der Waals surface area contributed by atoms with Crippen LogP contribution in [0.2, 0.25) is 0 Å². The van der Waals surface area contributed by atoms with Gasteiger partial charge in [0.15, 0.2) is 0 Å². The Morgan fingerprint density at radius 3 is 2.57 bits per heavy atom. The Morgan fingerprint density at radius 1 is 1.29 bits per heavy atom. The molecule has 0 bridgehead atoms. The van der Waals surface area contributed by atoms with E-state index < -0.39 is 0 Å². The van der Waals surface area contributed by atoms with Crippen LogP contribution in [0.5, 0.6) is 0 Å². The zero-order valence-corrected chi connectivity index (χ0v) is 9.72. The van der Waals surface area contributed by atoms with Gasteiger partial charge in [-0.3, -0.25) is 0 Å². The third-order valence-electron chi connectivity index (χ3n) is 3.01. The minimum absolute atomic E-state index is 0.595. The molecule has 0 aliphatic carbocycles. The molecule has 1 rings (SSSR count). The lowest BCUT2D eigenvalue weighted by molar-refractivity contribution is 0.703. The van der Waals surface area contributed by atoms with E-state index in [1.54, 1.807) is 0 Å². The first kappa shape index (κ1) is 11.1. The molecule has 78 valence electrons. The van der Waals surface area contributed by atoms with Gasteiger partial charge in [-0.2, -0.15) is 0 Å². The van der Waals surface area contributed by atoms with E-state index in [1.165, 1.54) is 23.3 Å². The number of nitrogens with one attached hydrogen (secondary N) is 1. The molecule has 0 aromatic rings. The van der Waals surface area contributed by atoms with Crippen molar-refractivity contribution in [3.05, 3.63) is 35.2 Å². The quantitative estimate of drug-likeness (QED) is 0.700. The zero-order valence-electron chi connectivity index (χ0n) is 9.72. The van der Waals surface area contributed by atoms with Crippen LogP contribution in [0.3, 0.4) is 0 Å². The van der Waals surface area contributed by atoms with Crippen molar-refractivity contribution in [2.45, 2.75) is 40.5 Å². The van der Waals surface area contributed by atoms with Crippen molar-refractivity contribution in [3.8, 4) is 0 Å². The number of hydrogen-bond donors (Lipinski definition) is 1. The molecule has 1 heterocycles. The highest BCUT2D eigenvalue weighted by Crippen LogP contribution is 2.21. The van der Waals surface area contributed by atoms with E-state index in [2.05, 4.69) is 51.4 Å². The Morgan fingerprint density at radius 2 is 2.00 bits per heavy atom. The third-order valence-corrected chi connectivity index (χ3v) is 3.01. The van der Waals surface area contributed by atoms with Gasteiger partial charge < -0.3 is 5.32 Å². The summed E-state index contributed by atoms with van der Waals surface area (Å²) in [6, 6.07) is 0. The second-order valence-electron chi connectivity index (χ2n) is 3.90. The van der Waals surface area contributed by atoms with Crippen LogP contribution in [-0.4, -0.2) is 0 Å². The second-order valence-corrected chi connectivity index (χ2v) is 3.90. The van der Waals surface area contributed by atoms with Crippen molar-refractivity contribution >= 4 is 0 Å². The molecule has 0 radical (unpaired) electrons. The normalized spacial score (nSPS) is 27.7. The highest BCUT2D eigenvalue weighted by atomic mass is 14.8. The van der Waals surface area contributed by atoms with Crippen molar-refractivity contribution in [1.82, 2.24) is 5.32 Å². The van der Waals surface area contributed by atoms with E-state index in [-0.39, 0.29) is 0 Å². The van der Waals surface area contributed by atoms with Crippen LogP contribution in [0, 0.1) is 5.92 Å². The van der Waals surface area contributed by atoms with Crippen LogP contribution in [0.25, 0.3) is 0 Å². The molecular weight excluding hydrogens is 170 g/mol. The molecule has 0 saturated heterocycles. The van der Waals surface area contributed by atoms with Gasteiger partial charge in [0.1, 0.15) is 0 Å². The molecular formula is C13H21N. The van der Waals surface area contributed by atoms with E-state index in [4.69, 9.17) is 0 Å². The van der Waals surface area contributed by atoms with E-state index in [9.17, 15) is 0 Å². The lowest BCUT2D eigenvalue weighted by atomic mass is 9.94. The first-order valence-corrected chi connectivity index (χ1v) is 5.50. The first-order chi connectivity index (χ1) is 6.69. The van der Waals surface area contributed by atoms with Gasteiger partial charge in [-0.1, -0.05) is 26.0 Å². The van der Waals surface area contributed by atoms with Gasteiger partial charge in [-0.05, 0) is 43.8 Å². The van der Waals surface area contributed by atoms with E-state index >= 15 is 0 Å². The summed E-state index contributed by atoms with van der Waals surface area (Å²) < 4.78 is 0. The molecule has 1 heteroatoms. The highest BCUT2D eigenvalue weighted by molar-refractivity contribution is 5.27. The SMILES string of the molecule is CCC1=CN/C(C)=C(\C)[C@@H](CC)C=C1. The molecule has 0 amide bonds. The van der Waals surface area contributed by atoms with Gasteiger partial charge >= 0.3 is 0 Å². The van der Waals surface area contributed by atoms with Crippen LogP contribution >= 0.6 is 0 Å². The van der Waals surface area contributed by atoms with Crippen LogP contribution < -0.4 is 5.32 Å². The fraction of sp³-hybridized carbons (Fsp3) is 0.538. The molecule has 1 N–H and O–H groups in total. The van der Waals surface area contributed by atoms with Gasteiger partial charge in [0, 0.05) is 11.9 Å². The molecule has 1 aliphatic heterocycles. The second kappa shape index (κ2) is 5.04. The molecule has 14 heavy (non-hydrogen) atoms. The molecule has 0 unspecified atom stereocenters. The van der Waals surface area contributed by atoms with Crippen molar-refractivity contribution in [3.63, 3.8) is 0 Å². The third kappa shape index (κ3) is 2.50. The average molecular weight is 191 g/mol. The summed E-state index contributed by atoms with van der Waals surface area (Å²) in [4.78, 5) is 0. The molecule has 0 aromatic heterocycles. The van der Waals surface area contributed by atoms with Crippen molar-refractivity contribution < 1.29 is 0 Å². The summed E-state index contributed by atoms with van der Waals surface area (Å²) in [6.07, 6.45) is 8.96. The number of allylic oxidation sites excluding steroid dienone is 5. The Labute approximate surface area is 87.6 Å². The largest absolute Gasteiger partial charge is 0.365 e. The minimum atomic E-state index is 0.595. The highest BCUT2D eigenvalue weighted by Gasteiger charge is 2.09. The Hall–Kier alpha value is -0.980. The van der Waals surface area contributed by atoms with Gasteiger partial charge in [0.05, 0.1) is 0 Å². The number of hydrogen-bond acceptors (Lipinski definition) is 1. The predicted molar refractivity (Wildman–Crippen MR) is 62.8 cm³/mol. The standard InChI is InChI=1S/C13H21N/c1-5-12-7-8-13(6-2)10(3)11(4)14-9-12/h7-9,13-14H,5-6H2,1-4H3/b8-7?,11-10+,12-9?/t13-/m0/s1. The summed E-state index contributed by atoms with van der Waals surface area (Å²) >= 11 is 0. The molecule has 0 saturated carbocycles. The Balaban J connectivity index is 2.96. The van der Waals surface area contributed by atoms with E-state index in [1.807, 2.05) is 0 Å². The summed E-state index contributed by atoms with van der Waals surface area (Å²) in [6.45, 7) is 8.79. The van der Waals surface area contributed by atoms with Crippen LogP contribution in [0.4, 0.5) is 0 Å². The summed E-state index contributed by atoms with van der Waals surface area (Å²) in [5.41, 5.74) is 4.12. The lowest BCUT2D eigenvalue weighted by Crippen LogP contribution is -2.11. The van der Waals surface area contributed by atoms with E-state index in [0.29, 0.717) is 5.92 Å². The summed E-state index contributed by atoms with van der Waals surface area (Å²) in [5, 5.41) is 3.37. The van der Waals surface area contributed by atoms with Crippen molar-refractivity contribution in [2.75, 3.05) is 0 Å². The maximum Gasteiger partial charge on any atom is 0.0110 e. The molecule has 1 aliphatic rings. The molecule has 1 nitrogen and oxygen atoms in total. The smallest absolute Gasteiger partial charge is 0.0110 e. The summed E-state index contributed by atoms with van der Waals surface area (Å²) in [7, 11) is 0. The van der Waals surface area contributed by atoms with Gasteiger partial charge in [0.2, 0.25) is 0 Å². The fourth-order valence-electron chi connectivity index (χ4n) is 1.69. The van der Waals surface area contributed by atoms with Gasteiger partial charge in [-0.25, -0.2) is 0 Å². The number of rotatable bonds is 2. The minimum Gasteiger partial charge on any atom is -0.365 e.